The van der Waals surface area contributed by atoms with Gasteiger partial charge in [0.05, 0.1) is 17.7 Å². The van der Waals surface area contributed by atoms with Crippen LogP contribution in [-0.2, 0) is 18.9 Å². The van der Waals surface area contributed by atoms with Crippen LogP contribution in [0.15, 0.2) is 53.1 Å². The number of rotatable bonds is 4. The molecule has 12 heteroatoms. The molecule has 180 valence electrons. The highest BCUT2D eigenvalue weighted by atomic mass is 19.4. The van der Waals surface area contributed by atoms with Crippen LogP contribution < -0.4 is 0 Å². The van der Waals surface area contributed by atoms with E-state index in [1.165, 1.54) is 29.2 Å². The number of benzene rings is 2. The smallest absolute Gasteiger partial charge is 0.336 e. The SMILES string of the molecule is O=C(c1cccc(C(F)(F)F)c1)N1CCN(Cc2noc(-c3ccc(C(F)(F)F)cc3)n2)CC1. The molecule has 0 spiro atoms. The Kier molecular flexibility index (Phi) is 6.34. The van der Waals surface area contributed by atoms with Crippen LogP contribution in [0.2, 0.25) is 0 Å². The van der Waals surface area contributed by atoms with Gasteiger partial charge in [0.15, 0.2) is 5.82 Å². The third-order valence-corrected chi connectivity index (χ3v) is 5.39. The first kappa shape index (κ1) is 23.7. The average Bonchev–Trinajstić information content (AvgIpc) is 3.27. The fourth-order valence-electron chi connectivity index (χ4n) is 3.56. The van der Waals surface area contributed by atoms with E-state index in [4.69, 9.17) is 4.52 Å². The molecule has 0 unspecified atom stereocenters. The minimum Gasteiger partial charge on any atom is -0.336 e. The lowest BCUT2D eigenvalue weighted by Crippen LogP contribution is -2.48. The summed E-state index contributed by atoms with van der Waals surface area (Å²) < 4.78 is 82.0. The Balaban J connectivity index is 1.33. The van der Waals surface area contributed by atoms with E-state index in [-0.39, 0.29) is 18.0 Å². The molecule has 1 fully saturated rings. The van der Waals surface area contributed by atoms with E-state index in [0.29, 0.717) is 37.6 Å². The highest BCUT2D eigenvalue weighted by molar-refractivity contribution is 5.94. The number of halogens is 6. The Hall–Kier alpha value is -3.41. The molecule has 1 aliphatic rings. The zero-order valence-corrected chi connectivity index (χ0v) is 17.5. The Morgan fingerprint density at radius 3 is 2.15 bits per heavy atom. The van der Waals surface area contributed by atoms with Crippen LogP contribution in [0.4, 0.5) is 26.3 Å². The van der Waals surface area contributed by atoms with Gasteiger partial charge in [-0.25, -0.2) is 0 Å². The summed E-state index contributed by atoms with van der Waals surface area (Å²) in [7, 11) is 0. The lowest BCUT2D eigenvalue weighted by Gasteiger charge is -2.34. The maximum atomic E-state index is 12.9. The van der Waals surface area contributed by atoms with E-state index in [9.17, 15) is 31.1 Å². The minimum absolute atomic E-state index is 0.0253. The van der Waals surface area contributed by atoms with Crippen molar-refractivity contribution in [2.45, 2.75) is 18.9 Å². The molecule has 0 saturated carbocycles. The van der Waals surface area contributed by atoms with Crippen molar-refractivity contribution in [2.75, 3.05) is 26.2 Å². The Bertz CT molecular complexity index is 1150. The molecule has 0 aliphatic carbocycles. The highest BCUT2D eigenvalue weighted by Gasteiger charge is 2.32. The number of hydrogen-bond acceptors (Lipinski definition) is 5. The predicted molar refractivity (Wildman–Crippen MR) is 107 cm³/mol. The Morgan fingerprint density at radius 2 is 1.53 bits per heavy atom. The molecule has 2 aromatic carbocycles. The van der Waals surface area contributed by atoms with Crippen LogP contribution in [0.1, 0.15) is 27.3 Å². The number of aromatic nitrogens is 2. The first-order chi connectivity index (χ1) is 16.0. The second kappa shape index (κ2) is 9.09. The van der Waals surface area contributed by atoms with Crippen molar-refractivity contribution in [1.29, 1.82) is 0 Å². The van der Waals surface area contributed by atoms with Crippen LogP contribution in [0, 0.1) is 0 Å². The number of nitrogens with zero attached hydrogens (tertiary/aromatic N) is 4. The number of carbonyl (C=O) groups is 1. The maximum absolute atomic E-state index is 12.9. The van der Waals surface area contributed by atoms with Gasteiger partial charge in [-0.05, 0) is 42.5 Å². The normalized spacial score (nSPS) is 15.5. The van der Waals surface area contributed by atoms with E-state index in [1.807, 2.05) is 4.90 Å². The number of piperazine rings is 1. The molecule has 34 heavy (non-hydrogen) atoms. The topological polar surface area (TPSA) is 62.5 Å². The number of amides is 1. The van der Waals surface area contributed by atoms with Gasteiger partial charge in [-0.2, -0.15) is 31.3 Å². The van der Waals surface area contributed by atoms with Crippen molar-refractivity contribution >= 4 is 5.91 Å². The van der Waals surface area contributed by atoms with Crippen molar-refractivity contribution < 1.29 is 35.7 Å². The van der Waals surface area contributed by atoms with E-state index in [0.717, 1.165) is 24.3 Å². The zero-order chi connectivity index (χ0) is 24.5. The molecule has 1 aliphatic heterocycles. The third-order valence-electron chi connectivity index (χ3n) is 5.39. The van der Waals surface area contributed by atoms with Crippen molar-refractivity contribution in [3.05, 3.63) is 71.0 Å². The van der Waals surface area contributed by atoms with Crippen molar-refractivity contribution in [1.82, 2.24) is 19.9 Å². The van der Waals surface area contributed by atoms with Crippen LogP contribution in [-0.4, -0.2) is 52.0 Å². The van der Waals surface area contributed by atoms with Crippen molar-refractivity contribution in [2.24, 2.45) is 0 Å². The third kappa shape index (κ3) is 5.38. The molecule has 6 nitrogen and oxygen atoms in total. The molecule has 0 atom stereocenters. The molecule has 2 heterocycles. The fourth-order valence-corrected chi connectivity index (χ4v) is 3.56. The van der Waals surface area contributed by atoms with Gasteiger partial charge in [0, 0.05) is 37.3 Å². The van der Waals surface area contributed by atoms with Crippen LogP contribution >= 0.6 is 0 Å². The van der Waals surface area contributed by atoms with E-state index < -0.39 is 29.4 Å². The second-order valence-corrected chi connectivity index (χ2v) is 7.74. The van der Waals surface area contributed by atoms with Crippen LogP contribution in [0.5, 0.6) is 0 Å². The molecule has 4 rings (SSSR count). The van der Waals surface area contributed by atoms with Gasteiger partial charge in [0.2, 0.25) is 0 Å². The van der Waals surface area contributed by atoms with E-state index in [1.54, 1.807) is 0 Å². The summed E-state index contributed by atoms with van der Waals surface area (Å²) >= 11 is 0. The van der Waals surface area contributed by atoms with Crippen LogP contribution in [0.25, 0.3) is 11.5 Å². The predicted octanol–water partition coefficient (Wildman–Crippen LogP) is 4.73. The molecule has 0 radical (unpaired) electrons. The summed E-state index contributed by atoms with van der Waals surface area (Å²) in [5.41, 5.74) is -1.34. The van der Waals surface area contributed by atoms with Gasteiger partial charge in [0.25, 0.3) is 11.8 Å². The lowest BCUT2D eigenvalue weighted by atomic mass is 10.1. The van der Waals surface area contributed by atoms with E-state index >= 15 is 0 Å². The molecule has 1 aromatic heterocycles. The van der Waals surface area contributed by atoms with Gasteiger partial charge in [-0.1, -0.05) is 11.2 Å². The quantitative estimate of drug-likeness (QED) is 0.501. The fraction of sp³-hybridized carbons (Fsp3) is 0.318. The number of carbonyl (C=O) groups excluding carboxylic acids is 1. The molecule has 0 N–H and O–H groups in total. The molecular formula is C22H18F6N4O2. The highest BCUT2D eigenvalue weighted by Crippen LogP contribution is 2.31. The number of alkyl halides is 6. The summed E-state index contributed by atoms with van der Waals surface area (Å²) in [6.45, 7) is 1.77. The average molecular weight is 484 g/mol. The Morgan fingerprint density at radius 1 is 0.882 bits per heavy atom. The van der Waals surface area contributed by atoms with Crippen molar-refractivity contribution in [3.8, 4) is 11.5 Å². The van der Waals surface area contributed by atoms with E-state index in [2.05, 4.69) is 10.1 Å². The summed E-state index contributed by atoms with van der Waals surface area (Å²) in [5, 5.41) is 3.86. The first-order valence-corrected chi connectivity index (χ1v) is 10.2. The number of hydrogen-bond donors (Lipinski definition) is 0. The standard InChI is InChI=1S/C22H18F6N4O2/c23-21(24,25)16-6-4-14(5-7-16)19-29-18(30-34-19)13-31-8-10-32(11-9-31)20(33)15-2-1-3-17(12-15)22(26,27)28/h1-7,12H,8-11,13H2. The monoisotopic (exact) mass is 484 g/mol. The lowest BCUT2D eigenvalue weighted by molar-refractivity contribution is -0.138. The molecular weight excluding hydrogens is 466 g/mol. The molecule has 1 saturated heterocycles. The summed E-state index contributed by atoms with van der Waals surface area (Å²) in [6.07, 6.45) is -8.97. The van der Waals surface area contributed by atoms with Gasteiger partial charge >= 0.3 is 12.4 Å². The molecule has 1 amide bonds. The Labute approximate surface area is 189 Å². The van der Waals surface area contributed by atoms with Gasteiger partial charge in [0.1, 0.15) is 0 Å². The summed E-state index contributed by atoms with van der Waals surface area (Å²) in [4.78, 5) is 20.3. The van der Waals surface area contributed by atoms with Gasteiger partial charge in [-0.3, -0.25) is 9.69 Å². The van der Waals surface area contributed by atoms with Crippen molar-refractivity contribution in [3.63, 3.8) is 0 Å². The second-order valence-electron chi connectivity index (χ2n) is 7.74. The molecule has 3 aromatic rings. The molecule has 0 bridgehead atoms. The first-order valence-electron chi connectivity index (χ1n) is 10.2. The van der Waals surface area contributed by atoms with Gasteiger partial charge in [-0.15, -0.1) is 0 Å². The maximum Gasteiger partial charge on any atom is 0.416 e. The minimum atomic E-state index is -4.53. The van der Waals surface area contributed by atoms with Gasteiger partial charge < -0.3 is 9.42 Å². The zero-order valence-electron chi connectivity index (χ0n) is 17.5. The van der Waals surface area contributed by atoms with Crippen LogP contribution in [0.3, 0.4) is 0 Å². The summed E-state index contributed by atoms with van der Waals surface area (Å²) in [6, 6.07) is 8.68. The largest absolute Gasteiger partial charge is 0.416 e. The summed E-state index contributed by atoms with van der Waals surface area (Å²) in [5.74, 6) is -0.0652.